The molecule has 0 saturated heterocycles. The van der Waals surface area contributed by atoms with Crippen molar-refractivity contribution in [3.63, 3.8) is 0 Å². The lowest BCUT2D eigenvalue weighted by molar-refractivity contribution is 0.414. The first kappa shape index (κ1) is 14.3. The third-order valence-corrected chi connectivity index (χ3v) is 3.80. The van der Waals surface area contributed by atoms with E-state index in [2.05, 4.69) is 10.1 Å². The highest BCUT2D eigenvalue weighted by molar-refractivity contribution is 5.75. The van der Waals surface area contributed by atoms with Gasteiger partial charge in [0.15, 0.2) is 5.58 Å². The summed E-state index contributed by atoms with van der Waals surface area (Å²) in [6.07, 6.45) is 0. The molecule has 0 amide bonds. The molecule has 0 aliphatic carbocycles. The largest absolute Gasteiger partial charge is 0.497 e. The number of rotatable bonds is 4. The quantitative estimate of drug-likeness (QED) is 0.624. The summed E-state index contributed by atoms with van der Waals surface area (Å²) in [5, 5.41) is 4.36. The number of aromatic nitrogens is 3. The van der Waals surface area contributed by atoms with Gasteiger partial charge in [-0.25, -0.2) is 4.98 Å². The summed E-state index contributed by atoms with van der Waals surface area (Å²) in [6.45, 7) is 0.565. The van der Waals surface area contributed by atoms with Crippen LogP contribution in [0.5, 0.6) is 5.75 Å². The zero-order valence-corrected chi connectivity index (χ0v) is 13.1. The summed E-state index contributed by atoms with van der Waals surface area (Å²) in [4.78, 5) is 4.52. The number of anilines is 1. The smallest absolute Gasteiger partial charge is 0.245 e. The highest BCUT2D eigenvalue weighted by atomic mass is 16.5. The zero-order chi connectivity index (χ0) is 16.5. The molecule has 2 aromatic heterocycles. The van der Waals surface area contributed by atoms with Gasteiger partial charge in [0.05, 0.1) is 13.7 Å². The van der Waals surface area contributed by atoms with E-state index in [1.807, 2.05) is 48.5 Å². The second kappa shape index (κ2) is 5.73. The average Bonchev–Trinajstić information content (AvgIpc) is 3.18. The van der Waals surface area contributed by atoms with Gasteiger partial charge in [-0.1, -0.05) is 24.3 Å². The molecule has 2 N–H and O–H groups in total. The first-order valence-corrected chi connectivity index (χ1v) is 7.55. The summed E-state index contributed by atoms with van der Waals surface area (Å²) in [7, 11) is 1.65. The van der Waals surface area contributed by atoms with Crippen molar-refractivity contribution in [3.8, 4) is 17.3 Å². The van der Waals surface area contributed by atoms with Crippen molar-refractivity contribution in [1.29, 1.82) is 0 Å². The van der Waals surface area contributed by atoms with Crippen LogP contribution >= 0.6 is 0 Å². The molecule has 0 fully saturated rings. The molecule has 0 aliphatic rings. The lowest BCUT2D eigenvalue weighted by Gasteiger charge is -2.06. The van der Waals surface area contributed by atoms with Gasteiger partial charge in [0, 0.05) is 6.07 Å². The van der Waals surface area contributed by atoms with E-state index in [0.717, 1.165) is 28.1 Å². The highest BCUT2D eigenvalue weighted by Crippen LogP contribution is 2.26. The van der Waals surface area contributed by atoms with Crippen molar-refractivity contribution in [1.82, 2.24) is 14.8 Å². The molecule has 0 radical (unpaired) electrons. The number of ether oxygens (including phenoxy) is 1. The van der Waals surface area contributed by atoms with E-state index in [9.17, 15) is 0 Å². The van der Waals surface area contributed by atoms with Crippen molar-refractivity contribution in [2.75, 3.05) is 12.8 Å². The summed E-state index contributed by atoms with van der Waals surface area (Å²) in [6, 6.07) is 17.2. The Labute approximate surface area is 138 Å². The molecule has 4 aromatic rings. The molecular weight excluding hydrogens is 304 g/mol. The fourth-order valence-electron chi connectivity index (χ4n) is 2.62. The summed E-state index contributed by atoms with van der Waals surface area (Å²) in [5.41, 5.74) is 9.27. The van der Waals surface area contributed by atoms with Crippen molar-refractivity contribution in [2.24, 2.45) is 0 Å². The van der Waals surface area contributed by atoms with Gasteiger partial charge in [0.1, 0.15) is 22.8 Å². The van der Waals surface area contributed by atoms with Gasteiger partial charge in [-0.15, -0.1) is 0 Å². The predicted octanol–water partition coefficient (Wildman–Crippen LogP) is 3.33. The molecule has 120 valence electrons. The van der Waals surface area contributed by atoms with E-state index >= 15 is 0 Å². The van der Waals surface area contributed by atoms with Crippen LogP contribution in [-0.4, -0.2) is 21.9 Å². The minimum absolute atomic E-state index is 0.431. The maximum atomic E-state index is 5.89. The van der Waals surface area contributed by atoms with Crippen LogP contribution in [0.2, 0.25) is 0 Å². The van der Waals surface area contributed by atoms with Crippen LogP contribution in [-0.2, 0) is 6.54 Å². The Balaban J connectivity index is 1.71. The summed E-state index contributed by atoms with van der Waals surface area (Å²) < 4.78 is 12.8. The Kier molecular flexibility index (Phi) is 3.42. The predicted molar refractivity (Wildman–Crippen MR) is 91.7 cm³/mol. The van der Waals surface area contributed by atoms with E-state index in [1.54, 1.807) is 17.9 Å². The Morgan fingerprint density at radius 2 is 1.92 bits per heavy atom. The Morgan fingerprint density at radius 1 is 1.12 bits per heavy atom. The van der Waals surface area contributed by atoms with Gasteiger partial charge in [0.2, 0.25) is 5.89 Å². The molecule has 4 rings (SSSR count). The third kappa shape index (κ3) is 2.58. The molecule has 0 saturated carbocycles. The third-order valence-electron chi connectivity index (χ3n) is 3.80. The minimum Gasteiger partial charge on any atom is -0.497 e. The Bertz CT molecular complexity index is 953. The van der Waals surface area contributed by atoms with Crippen LogP contribution in [0.15, 0.2) is 59.0 Å². The maximum absolute atomic E-state index is 5.89. The van der Waals surface area contributed by atoms with E-state index in [0.29, 0.717) is 18.3 Å². The molecule has 0 atom stereocenters. The number of para-hydroxylation sites is 2. The highest BCUT2D eigenvalue weighted by Gasteiger charge is 2.15. The average molecular weight is 320 g/mol. The van der Waals surface area contributed by atoms with Gasteiger partial charge < -0.3 is 14.9 Å². The molecule has 2 aromatic carbocycles. The molecule has 0 bridgehead atoms. The normalized spacial score (nSPS) is 11.0. The molecule has 24 heavy (non-hydrogen) atoms. The van der Waals surface area contributed by atoms with Gasteiger partial charge in [-0.3, -0.25) is 4.68 Å². The number of hydrogen-bond acceptors (Lipinski definition) is 5. The number of nitrogens with two attached hydrogens (primary N) is 1. The number of nitrogens with zero attached hydrogens (tertiary/aromatic N) is 3. The first-order valence-electron chi connectivity index (χ1n) is 7.55. The second-order valence-corrected chi connectivity index (χ2v) is 5.45. The van der Waals surface area contributed by atoms with Crippen LogP contribution in [0, 0.1) is 0 Å². The molecule has 0 spiro atoms. The Hall–Kier alpha value is -3.28. The SMILES string of the molecule is COc1ccc(Cn2nc(N)cc2-c2nc3ccccc3o2)cc1. The lowest BCUT2D eigenvalue weighted by atomic mass is 10.2. The van der Waals surface area contributed by atoms with Gasteiger partial charge in [-0.2, -0.15) is 5.10 Å². The van der Waals surface area contributed by atoms with Gasteiger partial charge in [0.25, 0.3) is 0 Å². The standard InChI is InChI=1S/C18H16N4O2/c1-23-13-8-6-12(7-9-13)11-22-15(10-17(19)21-22)18-20-14-4-2-3-5-16(14)24-18/h2-10H,11H2,1H3,(H2,19,21). The summed E-state index contributed by atoms with van der Waals surface area (Å²) >= 11 is 0. The molecule has 0 unspecified atom stereocenters. The summed E-state index contributed by atoms with van der Waals surface area (Å²) in [5.74, 6) is 1.76. The van der Waals surface area contributed by atoms with Crippen LogP contribution in [0.3, 0.4) is 0 Å². The van der Waals surface area contributed by atoms with E-state index in [1.165, 1.54) is 0 Å². The number of methoxy groups -OCH3 is 1. The molecule has 6 heteroatoms. The molecule has 6 nitrogen and oxygen atoms in total. The van der Waals surface area contributed by atoms with E-state index in [4.69, 9.17) is 14.9 Å². The molecular formula is C18H16N4O2. The lowest BCUT2D eigenvalue weighted by Crippen LogP contribution is -2.04. The number of oxazole rings is 1. The fourth-order valence-corrected chi connectivity index (χ4v) is 2.62. The topological polar surface area (TPSA) is 79.1 Å². The first-order chi connectivity index (χ1) is 11.7. The van der Waals surface area contributed by atoms with Crippen LogP contribution in [0.1, 0.15) is 5.56 Å². The van der Waals surface area contributed by atoms with E-state index < -0.39 is 0 Å². The van der Waals surface area contributed by atoms with Crippen molar-refractivity contribution in [3.05, 3.63) is 60.2 Å². The van der Waals surface area contributed by atoms with Crippen molar-refractivity contribution >= 4 is 16.9 Å². The van der Waals surface area contributed by atoms with Crippen LogP contribution < -0.4 is 10.5 Å². The fraction of sp³-hybridized carbons (Fsp3) is 0.111. The van der Waals surface area contributed by atoms with Gasteiger partial charge in [-0.05, 0) is 29.8 Å². The Morgan fingerprint density at radius 3 is 2.67 bits per heavy atom. The maximum Gasteiger partial charge on any atom is 0.245 e. The molecule has 0 aliphatic heterocycles. The van der Waals surface area contributed by atoms with Gasteiger partial charge >= 0.3 is 0 Å². The van der Waals surface area contributed by atoms with Crippen LogP contribution in [0.4, 0.5) is 5.82 Å². The molecule has 2 heterocycles. The minimum atomic E-state index is 0.431. The van der Waals surface area contributed by atoms with Crippen LogP contribution in [0.25, 0.3) is 22.7 Å². The number of hydrogen-bond donors (Lipinski definition) is 1. The number of fused-ring (bicyclic) bond motifs is 1. The van der Waals surface area contributed by atoms with Crippen molar-refractivity contribution < 1.29 is 9.15 Å². The number of nitrogen functional groups attached to an aromatic ring is 1. The monoisotopic (exact) mass is 320 g/mol. The van der Waals surface area contributed by atoms with E-state index in [-0.39, 0.29) is 0 Å². The second-order valence-electron chi connectivity index (χ2n) is 5.45. The van der Waals surface area contributed by atoms with Crippen molar-refractivity contribution in [2.45, 2.75) is 6.54 Å². The number of benzene rings is 2. The zero-order valence-electron chi connectivity index (χ0n) is 13.1.